The van der Waals surface area contributed by atoms with Gasteiger partial charge in [-0.3, -0.25) is 18.6 Å². The molecular formula is C21H23N5O4. The number of ether oxygens (including phenoxy) is 1. The van der Waals surface area contributed by atoms with Crippen molar-refractivity contribution in [3.63, 3.8) is 0 Å². The van der Waals surface area contributed by atoms with Gasteiger partial charge in [-0.1, -0.05) is 30.3 Å². The molecular weight excluding hydrogens is 386 g/mol. The minimum atomic E-state index is -0.655. The van der Waals surface area contributed by atoms with Crippen molar-refractivity contribution >= 4 is 22.9 Å². The van der Waals surface area contributed by atoms with Gasteiger partial charge in [-0.2, -0.15) is 4.98 Å². The highest BCUT2D eigenvalue weighted by atomic mass is 16.5. The molecule has 9 heteroatoms. The van der Waals surface area contributed by atoms with Gasteiger partial charge in [0.2, 0.25) is 5.78 Å². The van der Waals surface area contributed by atoms with Crippen LogP contribution in [-0.2, 0) is 36.3 Å². The standard InChI is InChI=1S/C21H23N5O4/c1-5-24-13(2)14(3)26-17-18(22-20(24)26)23(4)21(29)25(19(17)28)11-16(27)30-12-15-9-7-6-8-10-15/h6-10H,5,11-12H2,1-4H3. The summed E-state index contributed by atoms with van der Waals surface area (Å²) in [5, 5.41) is 0. The molecule has 4 aromatic rings. The molecule has 0 saturated heterocycles. The third-order valence-corrected chi connectivity index (χ3v) is 5.48. The van der Waals surface area contributed by atoms with Gasteiger partial charge >= 0.3 is 11.7 Å². The minimum Gasteiger partial charge on any atom is -0.459 e. The molecule has 1 aromatic carbocycles. The zero-order valence-corrected chi connectivity index (χ0v) is 17.4. The van der Waals surface area contributed by atoms with Crippen molar-refractivity contribution in [2.24, 2.45) is 7.05 Å². The lowest BCUT2D eigenvalue weighted by Crippen LogP contribution is -2.41. The molecule has 0 saturated carbocycles. The van der Waals surface area contributed by atoms with Crippen molar-refractivity contribution < 1.29 is 9.53 Å². The molecule has 3 aromatic heterocycles. The summed E-state index contributed by atoms with van der Waals surface area (Å²) in [5.41, 5.74) is 2.07. The van der Waals surface area contributed by atoms with E-state index in [4.69, 9.17) is 4.74 Å². The van der Waals surface area contributed by atoms with Crippen LogP contribution < -0.4 is 11.2 Å². The van der Waals surface area contributed by atoms with Crippen LogP contribution in [0.5, 0.6) is 0 Å². The first kappa shape index (κ1) is 19.7. The van der Waals surface area contributed by atoms with Crippen molar-refractivity contribution in [2.75, 3.05) is 0 Å². The van der Waals surface area contributed by atoms with Crippen LogP contribution in [0.15, 0.2) is 39.9 Å². The van der Waals surface area contributed by atoms with Crippen molar-refractivity contribution in [1.82, 2.24) is 23.1 Å². The Kier molecular flexibility index (Phi) is 4.81. The summed E-state index contributed by atoms with van der Waals surface area (Å²) in [6.45, 7) is 6.14. The predicted molar refractivity (Wildman–Crippen MR) is 112 cm³/mol. The van der Waals surface area contributed by atoms with Crippen LogP contribution in [0.2, 0.25) is 0 Å². The van der Waals surface area contributed by atoms with E-state index in [1.165, 1.54) is 4.57 Å². The Morgan fingerprint density at radius 3 is 2.43 bits per heavy atom. The summed E-state index contributed by atoms with van der Waals surface area (Å²) in [4.78, 5) is 42.9. The Labute approximate surface area is 171 Å². The Morgan fingerprint density at radius 1 is 1.07 bits per heavy atom. The molecule has 0 bridgehead atoms. The van der Waals surface area contributed by atoms with Gasteiger partial charge in [0.25, 0.3) is 5.56 Å². The second-order valence-electron chi connectivity index (χ2n) is 7.21. The van der Waals surface area contributed by atoms with Crippen LogP contribution >= 0.6 is 0 Å². The third kappa shape index (κ3) is 2.94. The normalized spacial score (nSPS) is 11.5. The lowest BCUT2D eigenvalue weighted by atomic mass is 10.2. The quantitative estimate of drug-likeness (QED) is 0.466. The van der Waals surface area contributed by atoms with Gasteiger partial charge < -0.3 is 9.30 Å². The van der Waals surface area contributed by atoms with Crippen LogP contribution in [0.3, 0.4) is 0 Å². The second-order valence-corrected chi connectivity index (χ2v) is 7.21. The van der Waals surface area contributed by atoms with Crippen LogP contribution in [0, 0.1) is 13.8 Å². The smallest absolute Gasteiger partial charge is 0.333 e. The number of aryl methyl sites for hydroxylation is 3. The highest BCUT2D eigenvalue weighted by Crippen LogP contribution is 2.20. The van der Waals surface area contributed by atoms with Crippen molar-refractivity contribution in [2.45, 2.75) is 40.5 Å². The Hall–Kier alpha value is -3.62. The van der Waals surface area contributed by atoms with Crippen LogP contribution in [0.4, 0.5) is 0 Å². The summed E-state index contributed by atoms with van der Waals surface area (Å²) >= 11 is 0. The first-order valence-electron chi connectivity index (χ1n) is 9.72. The number of esters is 1. The van der Waals surface area contributed by atoms with Crippen molar-refractivity contribution in [3.8, 4) is 0 Å². The molecule has 0 N–H and O–H groups in total. The highest BCUT2D eigenvalue weighted by molar-refractivity contribution is 5.77. The molecule has 0 aliphatic carbocycles. The lowest BCUT2D eigenvalue weighted by Gasteiger charge is -2.09. The van der Waals surface area contributed by atoms with E-state index in [0.29, 0.717) is 18.0 Å². The fourth-order valence-corrected chi connectivity index (χ4v) is 3.75. The SMILES string of the molecule is CCn1c(C)c(C)n2c3c(=O)n(CC(=O)OCc4ccccc4)c(=O)n(C)c3nc12. The van der Waals surface area contributed by atoms with Gasteiger partial charge in [-0.05, 0) is 26.3 Å². The van der Waals surface area contributed by atoms with Crippen molar-refractivity contribution in [1.29, 1.82) is 0 Å². The van der Waals surface area contributed by atoms with E-state index in [-0.39, 0.29) is 12.1 Å². The molecule has 3 heterocycles. The number of fused-ring (bicyclic) bond motifs is 3. The number of rotatable bonds is 5. The number of benzene rings is 1. The van der Waals surface area contributed by atoms with E-state index >= 15 is 0 Å². The average Bonchev–Trinajstić information content (AvgIpc) is 3.24. The third-order valence-electron chi connectivity index (χ3n) is 5.48. The summed E-state index contributed by atoms with van der Waals surface area (Å²) in [5.74, 6) is -0.0591. The van der Waals surface area contributed by atoms with E-state index in [9.17, 15) is 14.4 Å². The van der Waals surface area contributed by atoms with E-state index in [1.54, 1.807) is 11.4 Å². The van der Waals surface area contributed by atoms with Crippen molar-refractivity contribution in [3.05, 3.63) is 68.1 Å². The van der Waals surface area contributed by atoms with Gasteiger partial charge in [0.1, 0.15) is 13.2 Å². The maximum atomic E-state index is 13.2. The monoisotopic (exact) mass is 409 g/mol. The number of aromatic nitrogens is 5. The molecule has 0 amide bonds. The van der Waals surface area contributed by atoms with E-state index in [1.807, 2.05) is 55.7 Å². The van der Waals surface area contributed by atoms with Gasteiger partial charge in [-0.15, -0.1) is 0 Å². The van der Waals surface area contributed by atoms with Gasteiger partial charge in [0, 0.05) is 25.0 Å². The number of nitrogens with zero attached hydrogens (tertiary/aromatic N) is 5. The molecule has 0 spiro atoms. The van der Waals surface area contributed by atoms with Crippen LogP contribution in [0.1, 0.15) is 23.9 Å². The number of carbonyl (C=O) groups is 1. The largest absolute Gasteiger partial charge is 0.459 e. The van der Waals surface area contributed by atoms with Gasteiger partial charge in [-0.25, -0.2) is 9.36 Å². The van der Waals surface area contributed by atoms with Gasteiger partial charge in [0.05, 0.1) is 0 Å². The molecule has 0 aliphatic rings. The average molecular weight is 409 g/mol. The molecule has 0 unspecified atom stereocenters. The first-order chi connectivity index (χ1) is 14.3. The maximum Gasteiger partial charge on any atom is 0.333 e. The number of hydrogen-bond acceptors (Lipinski definition) is 5. The lowest BCUT2D eigenvalue weighted by molar-refractivity contribution is -0.145. The van der Waals surface area contributed by atoms with E-state index < -0.39 is 23.8 Å². The molecule has 0 fully saturated rings. The summed E-state index contributed by atoms with van der Waals surface area (Å²) in [6, 6.07) is 9.21. The minimum absolute atomic E-state index is 0.0750. The van der Waals surface area contributed by atoms with Crippen LogP contribution in [0.25, 0.3) is 16.9 Å². The number of hydrogen-bond donors (Lipinski definition) is 0. The fraction of sp³-hybridized carbons (Fsp3) is 0.333. The molecule has 0 aliphatic heterocycles. The topological polar surface area (TPSA) is 92.5 Å². The summed E-state index contributed by atoms with van der Waals surface area (Å²) in [6.07, 6.45) is 0. The molecule has 9 nitrogen and oxygen atoms in total. The Bertz CT molecular complexity index is 1390. The van der Waals surface area contributed by atoms with Crippen LogP contribution in [-0.4, -0.2) is 29.1 Å². The molecule has 0 radical (unpaired) electrons. The number of carbonyl (C=O) groups excluding carboxylic acids is 1. The second kappa shape index (κ2) is 7.33. The molecule has 156 valence electrons. The summed E-state index contributed by atoms with van der Waals surface area (Å²) in [7, 11) is 1.54. The zero-order chi connectivity index (χ0) is 21.6. The van der Waals surface area contributed by atoms with E-state index in [2.05, 4.69) is 4.98 Å². The first-order valence-corrected chi connectivity index (χ1v) is 9.72. The Morgan fingerprint density at radius 2 is 1.77 bits per heavy atom. The zero-order valence-electron chi connectivity index (χ0n) is 17.4. The van der Waals surface area contributed by atoms with E-state index in [0.717, 1.165) is 21.5 Å². The predicted octanol–water partition coefficient (Wildman–Crippen LogP) is 1.53. The maximum absolute atomic E-state index is 13.2. The highest BCUT2D eigenvalue weighted by Gasteiger charge is 2.23. The number of imidazole rings is 2. The Balaban J connectivity index is 1.79. The van der Waals surface area contributed by atoms with Gasteiger partial charge in [0.15, 0.2) is 11.2 Å². The molecule has 0 atom stereocenters. The molecule has 4 rings (SSSR count). The molecule has 30 heavy (non-hydrogen) atoms. The fourth-order valence-electron chi connectivity index (χ4n) is 3.75. The summed E-state index contributed by atoms with van der Waals surface area (Å²) < 4.78 is 11.2.